The second kappa shape index (κ2) is 7.47. The summed E-state index contributed by atoms with van der Waals surface area (Å²) >= 11 is 0. The molecule has 0 amide bonds. The fourth-order valence-corrected chi connectivity index (χ4v) is 1.98. The van der Waals surface area contributed by atoms with E-state index in [1.54, 1.807) is 7.11 Å². The van der Waals surface area contributed by atoms with Crippen LogP contribution in [0.1, 0.15) is 25.2 Å². The Balaban J connectivity index is 2.13. The van der Waals surface area contributed by atoms with Crippen LogP contribution in [0.5, 0.6) is 11.6 Å². The van der Waals surface area contributed by atoms with Crippen molar-refractivity contribution in [2.24, 2.45) is 0 Å². The van der Waals surface area contributed by atoms with Gasteiger partial charge in [0, 0.05) is 24.6 Å². The van der Waals surface area contributed by atoms with Gasteiger partial charge in [-0.15, -0.1) is 0 Å². The van der Waals surface area contributed by atoms with Gasteiger partial charge in [-0.1, -0.05) is 25.1 Å². The third-order valence-electron chi connectivity index (χ3n) is 3.01. The number of anilines is 1. The van der Waals surface area contributed by atoms with Crippen LogP contribution in [0.15, 0.2) is 30.3 Å². The van der Waals surface area contributed by atoms with Gasteiger partial charge in [0.15, 0.2) is 0 Å². The van der Waals surface area contributed by atoms with Gasteiger partial charge in [-0.25, -0.2) is 4.98 Å². The molecule has 0 bridgehead atoms. The minimum Gasteiger partial charge on any atom is -0.496 e. The summed E-state index contributed by atoms with van der Waals surface area (Å²) in [5.41, 5.74) is 1.08. The maximum absolute atomic E-state index is 5.47. The fourth-order valence-electron chi connectivity index (χ4n) is 1.98. The zero-order chi connectivity index (χ0) is 15.1. The van der Waals surface area contributed by atoms with Gasteiger partial charge in [0.2, 0.25) is 5.88 Å². The standard InChI is InChI=1S/C16H21N3O2/c1-4-14-18-15(10-16(19-14)21-5-2)17-11-12-8-6-7-9-13(12)20-3/h6-10H,4-5,11H2,1-3H3,(H,17,18,19). The molecule has 5 heteroatoms. The molecule has 0 aliphatic carbocycles. The molecule has 0 atom stereocenters. The summed E-state index contributed by atoms with van der Waals surface area (Å²) in [6.45, 7) is 5.19. The minimum absolute atomic E-state index is 0.589. The van der Waals surface area contributed by atoms with Crippen LogP contribution in [0.4, 0.5) is 5.82 Å². The molecule has 0 unspecified atom stereocenters. The largest absolute Gasteiger partial charge is 0.496 e. The van der Waals surface area contributed by atoms with Crippen molar-refractivity contribution >= 4 is 5.82 Å². The van der Waals surface area contributed by atoms with Gasteiger partial charge in [0.1, 0.15) is 17.4 Å². The Bertz CT molecular complexity index is 587. The summed E-state index contributed by atoms with van der Waals surface area (Å²) in [4.78, 5) is 8.79. The summed E-state index contributed by atoms with van der Waals surface area (Å²) < 4.78 is 10.8. The maximum atomic E-state index is 5.47. The molecule has 21 heavy (non-hydrogen) atoms. The lowest BCUT2D eigenvalue weighted by atomic mass is 10.2. The molecule has 2 aromatic rings. The lowest BCUT2D eigenvalue weighted by Crippen LogP contribution is -2.07. The van der Waals surface area contributed by atoms with Crippen LogP contribution < -0.4 is 14.8 Å². The molecule has 1 N–H and O–H groups in total. The van der Waals surface area contributed by atoms with E-state index in [0.29, 0.717) is 19.0 Å². The van der Waals surface area contributed by atoms with Gasteiger partial charge in [0.05, 0.1) is 13.7 Å². The average molecular weight is 287 g/mol. The summed E-state index contributed by atoms with van der Waals surface area (Å²) in [7, 11) is 1.67. The van der Waals surface area contributed by atoms with E-state index in [2.05, 4.69) is 15.3 Å². The fraction of sp³-hybridized carbons (Fsp3) is 0.375. The van der Waals surface area contributed by atoms with Gasteiger partial charge in [-0.2, -0.15) is 4.98 Å². The van der Waals surface area contributed by atoms with Gasteiger partial charge >= 0.3 is 0 Å². The number of rotatable bonds is 7. The van der Waals surface area contributed by atoms with Gasteiger partial charge in [0.25, 0.3) is 0 Å². The van der Waals surface area contributed by atoms with Crippen molar-refractivity contribution in [1.82, 2.24) is 9.97 Å². The first-order valence-corrected chi connectivity index (χ1v) is 7.13. The van der Waals surface area contributed by atoms with E-state index in [0.717, 1.165) is 29.4 Å². The van der Waals surface area contributed by atoms with E-state index in [9.17, 15) is 0 Å². The molecule has 0 saturated heterocycles. The quantitative estimate of drug-likeness (QED) is 0.848. The van der Waals surface area contributed by atoms with Crippen LogP contribution in [-0.4, -0.2) is 23.7 Å². The smallest absolute Gasteiger partial charge is 0.218 e. The number of aromatic nitrogens is 2. The highest BCUT2D eigenvalue weighted by atomic mass is 16.5. The molecule has 0 spiro atoms. The average Bonchev–Trinajstić information content (AvgIpc) is 2.53. The van der Waals surface area contributed by atoms with Crippen molar-refractivity contribution in [3.05, 3.63) is 41.7 Å². The number of benzene rings is 1. The Labute approximate surface area is 125 Å². The van der Waals surface area contributed by atoms with E-state index in [1.807, 2.05) is 44.2 Å². The van der Waals surface area contributed by atoms with Crippen LogP contribution in [0.2, 0.25) is 0 Å². The number of nitrogens with one attached hydrogen (secondary N) is 1. The molecule has 0 aliphatic rings. The second-order valence-corrected chi connectivity index (χ2v) is 4.46. The van der Waals surface area contributed by atoms with Crippen molar-refractivity contribution in [1.29, 1.82) is 0 Å². The molecule has 1 aromatic heterocycles. The zero-order valence-corrected chi connectivity index (χ0v) is 12.7. The lowest BCUT2D eigenvalue weighted by molar-refractivity contribution is 0.325. The molecule has 2 rings (SSSR count). The Morgan fingerprint density at radius 1 is 1.14 bits per heavy atom. The van der Waals surface area contributed by atoms with Crippen LogP contribution in [0.3, 0.4) is 0 Å². The molecule has 0 fully saturated rings. The SMILES string of the molecule is CCOc1cc(NCc2ccccc2OC)nc(CC)n1. The van der Waals surface area contributed by atoms with Crippen LogP contribution >= 0.6 is 0 Å². The third-order valence-corrected chi connectivity index (χ3v) is 3.01. The summed E-state index contributed by atoms with van der Waals surface area (Å²) in [5, 5.41) is 3.30. The predicted octanol–water partition coefficient (Wildman–Crippen LogP) is 3.06. The van der Waals surface area contributed by atoms with E-state index < -0.39 is 0 Å². The van der Waals surface area contributed by atoms with Gasteiger partial charge in [-0.3, -0.25) is 0 Å². The number of para-hydroxylation sites is 1. The van der Waals surface area contributed by atoms with Gasteiger partial charge < -0.3 is 14.8 Å². The number of ether oxygens (including phenoxy) is 2. The minimum atomic E-state index is 0.589. The third kappa shape index (κ3) is 4.08. The van der Waals surface area contributed by atoms with Crippen molar-refractivity contribution in [2.45, 2.75) is 26.8 Å². The van der Waals surface area contributed by atoms with E-state index in [1.165, 1.54) is 0 Å². The highest BCUT2D eigenvalue weighted by molar-refractivity contribution is 5.42. The Hall–Kier alpha value is -2.30. The number of nitrogens with zero attached hydrogens (tertiary/aromatic N) is 2. The topological polar surface area (TPSA) is 56.3 Å². The molecular formula is C16H21N3O2. The van der Waals surface area contributed by atoms with Crippen LogP contribution in [0, 0.1) is 0 Å². The van der Waals surface area contributed by atoms with Crippen LogP contribution in [0.25, 0.3) is 0 Å². The monoisotopic (exact) mass is 287 g/mol. The molecule has 1 heterocycles. The Morgan fingerprint density at radius 3 is 2.67 bits per heavy atom. The van der Waals surface area contributed by atoms with E-state index in [-0.39, 0.29) is 0 Å². The molecule has 1 aromatic carbocycles. The van der Waals surface area contributed by atoms with E-state index >= 15 is 0 Å². The van der Waals surface area contributed by atoms with Crippen molar-refractivity contribution < 1.29 is 9.47 Å². The number of hydrogen-bond acceptors (Lipinski definition) is 5. The summed E-state index contributed by atoms with van der Waals surface area (Å²) in [6, 6.07) is 9.73. The molecule has 0 radical (unpaired) electrons. The second-order valence-electron chi connectivity index (χ2n) is 4.46. The number of hydrogen-bond donors (Lipinski definition) is 1. The van der Waals surface area contributed by atoms with Crippen molar-refractivity contribution in [3.63, 3.8) is 0 Å². The van der Waals surface area contributed by atoms with Crippen LogP contribution in [-0.2, 0) is 13.0 Å². The van der Waals surface area contributed by atoms with Crippen molar-refractivity contribution in [3.8, 4) is 11.6 Å². The Morgan fingerprint density at radius 2 is 1.95 bits per heavy atom. The summed E-state index contributed by atoms with van der Waals surface area (Å²) in [6.07, 6.45) is 0.768. The lowest BCUT2D eigenvalue weighted by Gasteiger charge is -2.11. The van der Waals surface area contributed by atoms with E-state index in [4.69, 9.17) is 9.47 Å². The maximum Gasteiger partial charge on any atom is 0.218 e. The van der Waals surface area contributed by atoms with Crippen molar-refractivity contribution in [2.75, 3.05) is 19.0 Å². The molecular weight excluding hydrogens is 266 g/mol. The zero-order valence-electron chi connectivity index (χ0n) is 12.7. The molecule has 0 saturated carbocycles. The van der Waals surface area contributed by atoms with Gasteiger partial charge in [-0.05, 0) is 13.0 Å². The normalized spacial score (nSPS) is 10.2. The number of aryl methyl sites for hydroxylation is 1. The first kappa shape index (κ1) is 15.1. The predicted molar refractivity (Wildman–Crippen MR) is 82.9 cm³/mol. The molecule has 0 aliphatic heterocycles. The molecule has 112 valence electrons. The summed E-state index contributed by atoms with van der Waals surface area (Å²) in [5.74, 6) is 2.99. The first-order chi connectivity index (χ1) is 10.3. The highest BCUT2D eigenvalue weighted by Crippen LogP contribution is 2.20. The first-order valence-electron chi connectivity index (χ1n) is 7.13. The Kier molecular flexibility index (Phi) is 5.37. The highest BCUT2D eigenvalue weighted by Gasteiger charge is 2.06. The number of methoxy groups -OCH3 is 1. The molecule has 5 nitrogen and oxygen atoms in total.